The van der Waals surface area contributed by atoms with Crippen LogP contribution in [0, 0.1) is 24.7 Å². The van der Waals surface area contributed by atoms with Gasteiger partial charge in [-0.1, -0.05) is 66.5 Å². The second-order valence-electron chi connectivity index (χ2n) is 11.5. The Bertz CT molecular complexity index is 803. The molecule has 3 heteroatoms. The summed E-state index contributed by atoms with van der Waals surface area (Å²) in [6.45, 7) is 12.5. The van der Waals surface area contributed by atoms with Crippen LogP contribution in [0.2, 0.25) is 0 Å². The van der Waals surface area contributed by atoms with Crippen LogP contribution in [-0.4, -0.2) is 45.9 Å². The monoisotopic (exact) mass is 467 g/mol. The zero-order valence-corrected chi connectivity index (χ0v) is 22.3. The average Bonchev–Trinajstić information content (AvgIpc) is 3.27. The highest BCUT2D eigenvalue weighted by Gasteiger charge is 2.43. The third-order valence-electron chi connectivity index (χ3n) is 8.02. The van der Waals surface area contributed by atoms with Crippen molar-refractivity contribution in [3.8, 4) is 0 Å². The number of unbranched alkanes of at least 4 members (excludes halogenated alkanes) is 3. The van der Waals surface area contributed by atoms with Crippen LogP contribution < -0.4 is 0 Å². The molecule has 0 amide bonds. The van der Waals surface area contributed by atoms with Gasteiger partial charge in [-0.3, -0.25) is 4.90 Å². The van der Waals surface area contributed by atoms with E-state index in [1.54, 1.807) is 5.57 Å². The minimum absolute atomic E-state index is 0.170. The molecule has 3 nitrogen and oxygen atoms in total. The third kappa shape index (κ3) is 7.80. The van der Waals surface area contributed by atoms with E-state index in [4.69, 9.17) is 0 Å². The molecule has 0 bridgehead atoms. The molecule has 0 aromatic heterocycles. The van der Waals surface area contributed by atoms with E-state index in [1.807, 2.05) is 12.1 Å². The molecule has 190 valence electrons. The molecule has 1 saturated carbocycles. The van der Waals surface area contributed by atoms with Gasteiger partial charge in [0.25, 0.3) is 0 Å². The standard InChI is InChI=1S/C31H49NO2/c1-22(2)32(23(3)4)16-9-7-6-8-12-26-18-27-21-31(34)29(30(27)20-26)15-14-28(33)19-25-13-10-11-24(5)17-25/h10-11,13-15,17-18,22-23,27-31,33-34H,6-9,12,16,19-21H2,1-5H3/b15-14+/t27-,28+,29+,30-,31+/m0/s1. The zero-order valence-electron chi connectivity index (χ0n) is 22.3. The molecule has 1 fully saturated rings. The minimum atomic E-state index is -0.496. The van der Waals surface area contributed by atoms with E-state index in [-0.39, 0.29) is 12.0 Å². The topological polar surface area (TPSA) is 43.7 Å². The number of nitrogens with zero attached hydrogens (tertiary/aromatic N) is 1. The van der Waals surface area contributed by atoms with Crippen molar-refractivity contribution >= 4 is 0 Å². The first kappa shape index (κ1) is 27.2. The van der Waals surface area contributed by atoms with Gasteiger partial charge in [0.05, 0.1) is 12.2 Å². The summed E-state index contributed by atoms with van der Waals surface area (Å²) in [4.78, 5) is 2.59. The number of aliphatic hydroxyl groups is 2. The lowest BCUT2D eigenvalue weighted by atomic mass is 9.88. The maximum Gasteiger partial charge on any atom is 0.0761 e. The van der Waals surface area contributed by atoms with Crippen LogP contribution in [0.5, 0.6) is 0 Å². The number of fused-ring (bicyclic) bond motifs is 1. The lowest BCUT2D eigenvalue weighted by Gasteiger charge is -2.30. The molecule has 0 radical (unpaired) electrons. The Balaban J connectivity index is 1.39. The summed E-state index contributed by atoms with van der Waals surface area (Å²) in [5.74, 6) is 1.20. The highest BCUT2D eigenvalue weighted by atomic mass is 16.3. The second kappa shape index (κ2) is 13.0. The predicted octanol–water partition coefficient (Wildman–Crippen LogP) is 6.47. The molecule has 1 aromatic carbocycles. The molecule has 0 saturated heterocycles. The molecule has 2 N–H and O–H groups in total. The number of hydrogen-bond acceptors (Lipinski definition) is 3. The highest BCUT2D eigenvalue weighted by Crippen LogP contribution is 2.48. The van der Waals surface area contributed by atoms with Crippen LogP contribution in [0.25, 0.3) is 0 Å². The Morgan fingerprint density at radius 1 is 1.06 bits per heavy atom. The summed E-state index contributed by atoms with van der Waals surface area (Å²) >= 11 is 0. The number of benzene rings is 1. The number of aliphatic hydroxyl groups excluding tert-OH is 2. The van der Waals surface area contributed by atoms with E-state index in [1.165, 1.54) is 44.2 Å². The largest absolute Gasteiger partial charge is 0.392 e. The summed E-state index contributed by atoms with van der Waals surface area (Å²) in [5.41, 5.74) is 3.99. The maximum absolute atomic E-state index is 10.6. The van der Waals surface area contributed by atoms with Gasteiger partial charge in [0.15, 0.2) is 0 Å². The van der Waals surface area contributed by atoms with Gasteiger partial charge in [0.1, 0.15) is 0 Å². The predicted molar refractivity (Wildman–Crippen MR) is 144 cm³/mol. The average molecular weight is 468 g/mol. The van der Waals surface area contributed by atoms with Gasteiger partial charge < -0.3 is 10.2 Å². The van der Waals surface area contributed by atoms with Crippen molar-refractivity contribution in [3.63, 3.8) is 0 Å². The number of hydrogen-bond donors (Lipinski definition) is 2. The molecule has 3 rings (SSSR count). The normalized spacial score (nSPS) is 25.6. The lowest BCUT2D eigenvalue weighted by molar-refractivity contribution is 0.140. The molecule has 5 atom stereocenters. The Hall–Kier alpha value is -1.42. The van der Waals surface area contributed by atoms with Gasteiger partial charge in [0.2, 0.25) is 0 Å². The van der Waals surface area contributed by atoms with Crippen LogP contribution in [-0.2, 0) is 6.42 Å². The first-order valence-corrected chi connectivity index (χ1v) is 13.8. The Morgan fingerprint density at radius 3 is 2.50 bits per heavy atom. The fourth-order valence-corrected chi connectivity index (χ4v) is 6.31. The summed E-state index contributed by atoms with van der Waals surface area (Å²) in [6, 6.07) is 9.59. The molecule has 0 aliphatic heterocycles. The molecule has 0 spiro atoms. The van der Waals surface area contributed by atoms with Gasteiger partial charge in [-0.2, -0.15) is 0 Å². The quantitative estimate of drug-likeness (QED) is 0.258. The smallest absolute Gasteiger partial charge is 0.0761 e. The van der Waals surface area contributed by atoms with Crippen molar-refractivity contribution in [3.05, 3.63) is 59.2 Å². The van der Waals surface area contributed by atoms with Gasteiger partial charge in [-0.25, -0.2) is 0 Å². The molecular weight excluding hydrogens is 418 g/mol. The van der Waals surface area contributed by atoms with E-state index in [2.05, 4.69) is 69.9 Å². The van der Waals surface area contributed by atoms with Crippen molar-refractivity contribution in [2.75, 3.05) is 6.54 Å². The van der Waals surface area contributed by atoms with Crippen molar-refractivity contribution in [1.29, 1.82) is 0 Å². The Kier molecular flexibility index (Phi) is 10.4. The van der Waals surface area contributed by atoms with Gasteiger partial charge in [0, 0.05) is 24.4 Å². The van der Waals surface area contributed by atoms with Crippen LogP contribution in [0.1, 0.15) is 83.8 Å². The van der Waals surface area contributed by atoms with Crippen molar-refractivity contribution in [1.82, 2.24) is 4.90 Å². The van der Waals surface area contributed by atoms with E-state index >= 15 is 0 Å². The summed E-state index contributed by atoms with van der Waals surface area (Å²) in [5, 5.41) is 21.2. The number of allylic oxidation sites excluding steroid dienone is 2. The van der Waals surface area contributed by atoms with Crippen molar-refractivity contribution in [2.45, 2.75) is 110 Å². The number of rotatable bonds is 13. The third-order valence-corrected chi connectivity index (χ3v) is 8.02. The first-order valence-electron chi connectivity index (χ1n) is 13.8. The van der Waals surface area contributed by atoms with E-state index in [0.717, 1.165) is 18.4 Å². The fourth-order valence-electron chi connectivity index (χ4n) is 6.31. The molecule has 0 unspecified atom stereocenters. The molecule has 2 aliphatic carbocycles. The van der Waals surface area contributed by atoms with Crippen molar-refractivity contribution < 1.29 is 10.2 Å². The molecule has 34 heavy (non-hydrogen) atoms. The Morgan fingerprint density at radius 2 is 1.79 bits per heavy atom. The van der Waals surface area contributed by atoms with E-state index in [0.29, 0.717) is 30.3 Å². The summed E-state index contributed by atoms with van der Waals surface area (Å²) in [6.07, 6.45) is 14.8. The van der Waals surface area contributed by atoms with Crippen LogP contribution in [0.4, 0.5) is 0 Å². The summed E-state index contributed by atoms with van der Waals surface area (Å²) < 4.78 is 0. The van der Waals surface area contributed by atoms with E-state index < -0.39 is 6.10 Å². The highest BCUT2D eigenvalue weighted by molar-refractivity contribution is 5.24. The summed E-state index contributed by atoms with van der Waals surface area (Å²) in [7, 11) is 0. The maximum atomic E-state index is 10.6. The minimum Gasteiger partial charge on any atom is -0.392 e. The number of aryl methyl sites for hydroxylation is 1. The Labute approximate surface area is 209 Å². The SMILES string of the molecule is Cc1cccc(C[C@H](O)/C=C/[C@@H]2[C@H]3CC(CCCCCCN(C(C)C)C(C)C)=C[C@H]3C[C@H]2O)c1. The van der Waals surface area contributed by atoms with Crippen LogP contribution in [0.15, 0.2) is 48.1 Å². The second-order valence-corrected chi connectivity index (χ2v) is 11.5. The molecule has 1 aromatic rings. The lowest BCUT2D eigenvalue weighted by Crippen LogP contribution is -2.37. The van der Waals surface area contributed by atoms with Crippen molar-refractivity contribution in [2.24, 2.45) is 17.8 Å². The molecule has 2 aliphatic rings. The van der Waals surface area contributed by atoms with Crippen LogP contribution >= 0.6 is 0 Å². The van der Waals surface area contributed by atoms with Crippen LogP contribution in [0.3, 0.4) is 0 Å². The fraction of sp³-hybridized carbons (Fsp3) is 0.677. The first-order chi connectivity index (χ1) is 16.2. The van der Waals surface area contributed by atoms with Gasteiger partial charge in [-0.15, -0.1) is 0 Å². The zero-order chi connectivity index (χ0) is 24.7. The molecular formula is C31H49NO2. The van der Waals surface area contributed by atoms with Gasteiger partial charge >= 0.3 is 0 Å². The van der Waals surface area contributed by atoms with E-state index in [9.17, 15) is 10.2 Å². The van der Waals surface area contributed by atoms with Gasteiger partial charge in [-0.05, 0) is 90.7 Å². The molecule has 0 heterocycles.